The summed E-state index contributed by atoms with van der Waals surface area (Å²) in [5, 5.41) is 11.7. The number of halogens is 1. The van der Waals surface area contributed by atoms with Crippen LogP contribution < -0.4 is 5.32 Å². The molecular weight excluding hydrogens is 269 g/mol. The molecule has 1 aromatic carbocycles. The van der Waals surface area contributed by atoms with Crippen LogP contribution in [0.4, 0.5) is 4.39 Å². The molecule has 1 fully saturated rings. The van der Waals surface area contributed by atoms with Crippen molar-refractivity contribution < 1.29 is 14.3 Å². The topological polar surface area (TPSA) is 49.3 Å². The number of hydrogen-bond donors (Lipinski definition) is 2. The number of carbonyl (C=O) groups excluding carboxylic acids is 1. The molecule has 1 aliphatic rings. The van der Waals surface area contributed by atoms with Crippen LogP contribution in [0.25, 0.3) is 0 Å². The number of hydrogen-bond acceptors (Lipinski definition) is 2. The Kier molecular flexibility index (Phi) is 5.35. The van der Waals surface area contributed by atoms with E-state index in [1.54, 1.807) is 0 Å². The van der Waals surface area contributed by atoms with Crippen molar-refractivity contribution >= 4 is 5.91 Å². The average molecular weight is 289 g/mol. The summed E-state index contributed by atoms with van der Waals surface area (Å²) < 4.78 is 13.3. The van der Waals surface area contributed by atoms with Gasteiger partial charge in [-0.15, -0.1) is 0 Å². The van der Waals surface area contributed by atoms with Gasteiger partial charge in [-0.2, -0.15) is 0 Å². The van der Waals surface area contributed by atoms with Crippen LogP contribution in [0.15, 0.2) is 18.2 Å². The van der Waals surface area contributed by atoms with Gasteiger partial charge in [0.1, 0.15) is 12.4 Å². The maximum absolute atomic E-state index is 13.3. The number of carbonyl (C=O) groups is 1. The summed E-state index contributed by atoms with van der Waals surface area (Å²) in [5.74, 6) is 4.91. The van der Waals surface area contributed by atoms with Gasteiger partial charge in [0.2, 0.25) is 0 Å². The molecule has 0 spiro atoms. The molecule has 1 unspecified atom stereocenters. The van der Waals surface area contributed by atoms with E-state index in [0.717, 1.165) is 12.8 Å². The van der Waals surface area contributed by atoms with Crippen LogP contribution in [0.5, 0.6) is 0 Å². The van der Waals surface area contributed by atoms with Crippen molar-refractivity contribution in [3.05, 3.63) is 35.1 Å². The minimum atomic E-state index is -0.447. The summed E-state index contributed by atoms with van der Waals surface area (Å²) in [5.41, 5.74) is 0.655. The molecule has 2 rings (SSSR count). The minimum absolute atomic E-state index is 0.101. The first-order valence-electron chi connectivity index (χ1n) is 7.32. The van der Waals surface area contributed by atoms with Crippen LogP contribution in [0, 0.1) is 23.6 Å². The fourth-order valence-electron chi connectivity index (χ4n) is 2.81. The second-order valence-electron chi connectivity index (χ2n) is 5.46. The molecule has 0 radical (unpaired) electrons. The molecule has 3 nitrogen and oxygen atoms in total. The first-order valence-corrected chi connectivity index (χ1v) is 7.32. The standard InChI is InChI=1S/C17H20FNO2/c1-12(13-5-2-3-6-13)19-17(21)16-9-8-15(18)11-14(16)7-4-10-20/h8-9,11-13,20H,2-3,5-6,10H2,1H3,(H,19,21). The molecule has 1 aliphatic carbocycles. The van der Waals surface area contributed by atoms with Crippen molar-refractivity contribution in [2.24, 2.45) is 5.92 Å². The largest absolute Gasteiger partial charge is 0.384 e. The van der Waals surface area contributed by atoms with Gasteiger partial charge in [-0.1, -0.05) is 24.7 Å². The Morgan fingerprint density at radius 2 is 2.19 bits per heavy atom. The molecule has 0 aliphatic heterocycles. The Morgan fingerprint density at radius 1 is 1.48 bits per heavy atom. The highest BCUT2D eigenvalue weighted by atomic mass is 19.1. The maximum Gasteiger partial charge on any atom is 0.252 e. The summed E-state index contributed by atoms with van der Waals surface area (Å²) in [4.78, 5) is 12.3. The van der Waals surface area contributed by atoms with Gasteiger partial charge in [-0.05, 0) is 43.9 Å². The second kappa shape index (κ2) is 7.24. The van der Waals surface area contributed by atoms with E-state index in [1.807, 2.05) is 6.92 Å². The summed E-state index contributed by atoms with van der Waals surface area (Å²) in [6, 6.07) is 4.01. The second-order valence-corrected chi connectivity index (χ2v) is 5.46. The zero-order valence-electron chi connectivity index (χ0n) is 12.2. The number of amides is 1. The van der Waals surface area contributed by atoms with Crippen molar-refractivity contribution in [1.82, 2.24) is 5.32 Å². The highest BCUT2D eigenvalue weighted by Crippen LogP contribution is 2.27. The van der Waals surface area contributed by atoms with E-state index in [-0.39, 0.29) is 18.6 Å². The summed E-state index contributed by atoms with van der Waals surface area (Å²) >= 11 is 0. The van der Waals surface area contributed by atoms with Crippen molar-refractivity contribution in [2.75, 3.05) is 6.61 Å². The monoisotopic (exact) mass is 289 g/mol. The Bertz CT molecular complexity index is 568. The summed E-state index contributed by atoms with van der Waals surface area (Å²) in [7, 11) is 0. The number of benzene rings is 1. The van der Waals surface area contributed by atoms with E-state index in [4.69, 9.17) is 5.11 Å². The number of nitrogens with one attached hydrogen (secondary N) is 1. The van der Waals surface area contributed by atoms with Gasteiger partial charge in [0.05, 0.1) is 5.56 Å². The zero-order valence-corrected chi connectivity index (χ0v) is 12.2. The lowest BCUT2D eigenvalue weighted by Crippen LogP contribution is -2.37. The van der Waals surface area contributed by atoms with Gasteiger partial charge in [-0.25, -0.2) is 4.39 Å². The Morgan fingerprint density at radius 3 is 2.86 bits per heavy atom. The molecule has 1 saturated carbocycles. The smallest absolute Gasteiger partial charge is 0.252 e. The zero-order chi connectivity index (χ0) is 15.2. The molecule has 112 valence electrons. The van der Waals surface area contributed by atoms with Crippen LogP contribution in [0.2, 0.25) is 0 Å². The lowest BCUT2D eigenvalue weighted by Gasteiger charge is -2.20. The molecule has 0 saturated heterocycles. The van der Waals surface area contributed by atoms with E-state index >= 15 is 0 Å². The molecular formula is C17H20FNO2. The molecule has 21 heavy (non-hydrogen) atoms. The first kappa shape index (κ1) is 15.5. The van der Waals surface area contributed by atoms with Gasteiger partial charge in [0, 0.05) is 11.6 Å². The van der Waals surface area contributed by atoms with E-state index in [0.29, 0.717) is 17.0 Å². The lowest BCUT2D eigenvalue weighted by molar-refractivity contribution is 0.0927. The summed E-state index contributed by atoms with van der Waals surface area (Å²) in [6.45, 7) is 1.69. The van der Waals surface area contributed by atoms with E-state index in [2.05, 4.69) is 17.2 Å². The number of aliphatic hydroxyl groups is 1. The number of aliphatic hydroxyl groups excluding tert-OH is 1. The normalized spacial score (nSPS) is 16.1. The summed E-state index contributed by atoms with van der Waals surface area (Å²) in [6.07, 6.45) is 4.72. The fraction of sp³-hybridized carbons (Fsp3) is 0.471. The molecule has 1 atom stereocenters. The molecule has 0 heterocycles. The predicted octanol–water partition coefficient (Wildman–Crippen LogP) is 2.48. The molecule has 4 heteroatoms. The highest BCUT2D eigenvalue weighted by molar-refractivity contribution is 5.96. The van der Waals surface area contributed by atoms with E-state index in [1.165, 1.54) is 31.0 Å². The van der Waals surface area contributed by atoms with Gasteiger partial charge >= 0.3 is 0 Å². The van der Waals surface area contributed by atoms with Crippen LogP contribution in [0.3, 0.4) is 0 Å². The van der Waals surface area contributed by atoms with Crippen LogP contribution >= 0.6 is 0 Å². The number of rotatable bonds is 3. The molecule has 2 N–H and O–H groups in total. The maximum atomic E-state index is 13.3. The Labute approximate surface area is 124 Å². The van der Waals surface area contributed by atoms with Crippen LogP contribution in [0.1, 0.15) is 48.5 Å². The third kappa shape index (κ3) is 4.05. The van der Waals surface area contributed by atoms with Crippen molar-refractivity contribution in [3.8, 4) is 11.8 Å². The van der Waals surface area contributed by atoms with Crippen LogP contribution in [-0.2, 0) is 0 Å². The Hall–Kier alpha value is -1.86. The lowest BCUT2D eigenvalue weighted by atomic mass is 9.99. The minimum Gasteiger partial charge on any atom is -0.384 e. The fourth-order valence-corrected chi connectivity index (χ4v) is 2.81. The molecule has 1 aromatic rings. The van der Waals surface area contributed by atoms with Crippen molar-refractivity contribution in [3.63, 3.8) is 0 Å². The quantitative estimate of drug-likeness (QED) is 0.840. The van der Waals surface area contributed by atoms with Crippen LogP contribution in [-0.4, -0.2) is 23.7 Å². The third-order valence-electron chi connectivity index (χ3n) is 3.99. The van der Waals surface area contributed by atoms with Gasteiger partial charge in [-0.3, -0.25) is 4.79 Å². The molecule has 1 amide bonds. The first-order chi connectivity index (χ1) is 10.1. The van der Waals surface area contributed by atoms with E-state index in [9.17, 15) is 9.18 Å². The van der Waals surface area contributed by atoms with Gasteiger partial charge < -0.3 is 10.4 Å². The predicted molar refractivity (Wildman–Crippen MR) is 79.3 cm³/mol. The van der Waals surface area contributed by atoms with E-state index < -0.39 is 5.82 Å². The average Bonchev–Trinajstić information content (AvgIpc) is 2.99. The van der Waals surface area contributed by atoms with Crippen molar-refractivity contribution in [1.29, 1.82) is 0 Å². The van der Waals surface area contributed by atoms with Gasteiger partial charge in [0.15, 0.2) is 0 Å². The Balaban J connectivity index is 2.14. The van der Waals surface area contributed by atoms with Crippen molar-refractivity contribution in [2.45, 2.75) is 38.6 Å². The molecule has 0 bridgehead atoms. The highest BCUT2D eigenvalue weighted by Gasteiger charge is 2.23. The third-order valence-corrected chi connectivity index (χ3v) is 3.99. The van der Waals surface area contributed by atoms with Gasteiger partial charge in [0.25, 0.3) is 5.91 Å². The molecule has 0 aromatic heterocycles. The SMILES string of the molecule is CC(NC(=O)c1ccc(F)cc1C#CCO)C1CCCC1.